The molecule has 2 N–H and O–H groups in total. The lowest BCUT2D eigenvalue weighted by Crippen LogP contribution is -2.69. The molecule has 20 heavy (non-hydrogen) atoms. The zero-order valence-corrected chi connectivity index (χ0v) is 11.8. The molecule has 0 aromatic rings. The fourth-order valence-corrected chi connectivity index (χ4v) is 2.65. The van der Waals surface area contributed by atoms with Crippen molar-refractivity contribution in [2.24, 2.45) is 0 Å². The van der Waals surface area contributed by atoms with Crippen LogP contribution in [-0.2, 0) is 14.3 Å². The fraction of sp³-hybridized carbons (Fsp3) is 0.818. The number of hydrogen-bond acceptors (Lipinski definition) is 5. The molecule has 114 valence electrons. The Morgan fingerprint density at radius 3 is 2.80 bits per heavy atom. The number of rotatable bonds is 3. The molecule has 0 bridgehead atoms. The number of carbonyl (C=O) groups excluding carboxylic acids is 2. The Morgan fingerprint density at radius 2 is 2.30 bits per heavy atom. The summed E-state index contributed by atoms with van der Waals surface area (Å²) in [5.41, 5.74) is 0. The van der Waals surface area contributed by atoms with E-state index >= 15 is 0 Å². The standard InChI is InChI=1S/C11H16ClFN2O5/c1-11(12)8(17)14-10(18)15(9(11)19-2)7-3-5(13)6(4-16)20-7/h5-7,9,16H,3-4H2,1-2H3,(H,14,17,18)/t5-,6+,7+,9+,11-/m0/s1. The van der Waals surface area contributed by atoms with Crippen LogP contribution < -0.4 is 5.32 Å². The second-order valence-corrected chi connectivity index (χ2v) is 5.68. The molecule has 0 aliphatic carbocycles. The molecule has 3 amide bonds. The second kappa shape index (κ2) is 5.44. The molecule has 0 saturated carbocycles. The van der Waals surface area contributed by atoms with E-state index in [0.717, 1.165) is 4.90 Å². The average molecular weight is 311 g/mol. The van der Waals surface area contributed by atoms with Crippen molar-refractivity contribution in [3.8, 4) is 0 Å². The van der Waals surface area contributed by atoms with Gasteiger partial charge in [-0.3, -0.25) is 15.0 Å². The summed E-state index contributed by atoms with van der Waals surface area (Å²) in [6, 6.07) is -0.768. The van der Waals surface area contributed by atoms with Crippen molar-refractivity contribution in [1.29, 1.82) is 0 Å². The first-order valence-corrected chi connectivity index (χ1v) is 6.46. The number of imide groups is 1. The van der Waals surface area contributed by atoms with Crippen LogP contribution in [0.1, 0.15) is 13.3 Å². The Bertz CT molecular complexity index is 422. The van der Waals surface area contributed by atoms with Crippen molar-refractivity contribution in [2.45, 2.75) is 43.0 Å². The van der Waals surface area contributed by atoms with Gasteiger partial charge in [-0.25, -0.2) is 9.18 Å². The van der Waals surface area contributed by atoms with E-state index in [-0.39, 0.29) is 6.42 Å². The van der Waals surface area contributed by atoms with Gasteiger partial charge < -0.3 is 14.6 Å². The second-order valence-electron chi connectivity index (χ2n) is 4.89. The van der Waals surface area contributed by atoms with E-state index < -0.39 is 48.2 Å². The minimum absolute atomic E-state index is 0.125. The van der Waals surface area contributed by atoms with E-state index in [0.29, 0.717) is 0 Å². The summed E-state index contributed by atoms with van der Waals surface area (Å²) in [6.07, 6.45) is -4.60. The topological polar surface area (TPSA) is 88.1 Å². The van der Waals surface area contributed by atoms with Gasteiger partial charge >= 0.3 is 6.03 Å². The molecule has 2 aliphatic rings. The van der Waals surface area contributed by atoms with Crippen molar-refractivity contribution >= 4 is 23.5 Å². The maximum Gasteiger partial charge on any atom is 0.328 e. The van der Waals surface area contributed by atoms with Gasteiger partial charge in [0.05, 0.1) is 6.61 Å². The minimum Gasteiger partial charge on any atom is -0.394 e. The lowest BCUT2D eigenvalue weighted by molar-refractivity contribution is -0.155. The van der Waals surface area contributed by atoms with Crippen LogP contribution in [0, 0.1) is 0 Å². The predicted octanol–water partition coefficient (Wildman–Crippen LogP) is -0.0464. The molecule has 0 aromatic heterocycles. The molecular formula is C11H16ClFN2O5. The van der Waals surface area contributed by atoms with Crippen molar-refractivity contribution in [2.75, 3.05) is 13.7 Å². The van der Waals surface area contributed by atoms with E-state index in [4.69, 9.17) is 26.2 Å². The number of hydrogen-bond donors (Lipinski definition) is 2. The van der Waals surface area contributed by atoms with Gasteiger partial charge in [0.1, 0.15) is 18.5 Å². The van der Waals surface area contributed by atoms with Crippen LogP contribution in [0.25, 0.3) is 0 Å². The van der Waals surface area contributed by atoms with Gasteiger partial charge in [-0.05, 0) is 6.92 Å². The van der Waals surface area contributed by atoms with Gasteiger partial charge in [0.15, 0.2) is 11.1 Å². The summed E-state index contributed by atoms with van der Waals surface area (Å²) in [7, 11) is 1.29. The molecule has 2 saturated heterocycles. The Morgan fingerprint density at radius 1 is 1.65 bits per heavy atom. The number of methoxy groups -OCH3 is 1. The minimum atomic E-state index is -1.52. The number of urea groups is 1. The number of nitrogens with one attached hydrogen (secondary N) is 1. The van der Waals surface area contributed by atoms with Crippen LogP contribution in [0.3, 0.4) is 0 Å². The van der Waals surface area contributed by atoms with E-state index in [1.165, 1.54) is 14.0 Å². The quantitative estimate of drug-likeness (QED) is 0.714. The maximum absolute atomic E-state index is 13.6. The summed E-state index contributed by atoms with van der Waals surface area (Å²) >= 11 is 6.10. The number of aliphatic hydroxyl groups is 1. The van der Waals surface area contributed by atoms with E-state index in [1.54, 1.807) is 0 Å². The first kappa shape index (κ1) is 15.4. The zero-order valence-electron chi connectivity index (χ0n) is 11.0. The molecule has 0 radical (unpaired) electrons. The third-order valence-corrected chi connectivity index (χ3v) is 3.85. The van der Waals surface area contributed by atoms with Crippen molar-refractivity contribution < 1.29 is 28.6 Å². The molecule has 0 unspecified atom stereocenters. The zero-order chi connectivity index (χ0) is 15.1. The lowest BCUT2D eigenvalue weighted by Gasteiger charge is -2.44. The first-order chi connectivity index (χ1) is 9.32. The predicted molar refractivity (Wildman–Crippen MR) is 65.7 cm³/mol. The average Bonchev–Trinajstić information content (AvgIpc) is 2.74. The summed E-state index contributed by atoms with van der Waals surface area (Å²) in [5.74, 6) is -0.694. The Hall–Kier alpha value is -0.960. The summed E-state index contributed by atoms with van der Waals surface area (Å²) < 4.78 is 24.0. The number of alkyl halides is 2. The fourth-order valence-electron chi connectivity index (χ4n) is 2.40. The van der Waals surface area contributed by atoms with E-state index in [2.05, 4.69) is 5.32 Å². The number of carbonyl (C=O) groups is 2. The van der Waals surface area contributed by atoms with Gasteiger partial charge in [0.25, 0.3) is 5.91 Å². The highest BCUT2D eigenvalue weighted by molar-refractivity contribution is 6.36. The molecular weight excluding hydrogens is 295 g/mol. The van der Waals surface area contributed by atoms with Crippen LogP contribution in [0.2, 0.25) is 0 Å². The number of nitrogens with zero attached hydrogens (tertiary/aromatic N) is 1. The third-order valence-electron chi connectivity index (χ3n) is 3.49. The highest BCUT2D eigenvalue weighted by Gasteiger charge is 2.54. The first-order valence-electron chi connectivity index (χ1n) is 6.08. The summed E-state index contributed by atoms with van der Waals surface area (Å²) in [5, 5.41) is 11.1. The van der Waals surface area contributed by atoms with Crippen LogP contribution in [0.5, 0.6) is 0 Å². The Labute approximate surface area is 119 Å². The van der Waals surface area contributed by atoms with Gasteiger partial charge in [-0.2, -0.15) is 0 Å². The highest BCUT2D eigenvalue weighted by Crippen LogP contribution is 2.34. The number of halogens is 2. The molecule has 0 spiro atoms. The normalized spacial score (nSPS) is 42.0. The molecule has 2 rings (SSSR count). The molecule has 9 heteroatoms. The van der Waals surface area contributed by atoms with Crippen molar-refractivity contribution in [3.63, 3.8) is 0 Å². The third kappa shape index (κ3) is 2.37. The van der Waals surface area contributed by atoms with Crippen molar-refractivity contribution in [3.05, 3.63) is 0 Å². The van der Waals surface area contributed by atoms with Gasteiger partial charge in [-0.15, -0.1) is 11.6 Å². The molecule has 0 aromatic carbocycles. The van der Waals surface area contributed by atoms with E-state index in [1.807, 2.05) is 0 Å². The number of aliphatic hydroxyl groups excluding tert-OH is 1. The smallest absolute Gasteiger partial charge is 0.328 e. The SMILES string of the molecule is CO[C@H]1N([C@H]2C[C@H](F)[C@@H](CO)O2)C(=O)NC(=O)[C@]1(C)Cl. The number of ether oxygens (including phenoxy) is 2. The lowest BCUT2D eigenvalue weighted by atomic mass is 10.0. The Kier molecular flexibility index (Phi) is 4.19. The van der Waals surface area contributed by atoms with Crippen molar-refractivity contribution in [1.82, 2.24) is 10.2 Å². The molecule has 5 atom stereocenters. The monoisotopic (exact) mass is 310 g/mol. The van der Waals surface area contributed by atoms with Crippen LogP contribution >= 0.6 is 11.6 Å². The molecule has 7 nitrogen and oxygen atoms in total. The van der Waals surface area contributed by atoms with Gasteiger partial charge in [0, 0.05) is 13.5 Å². The van der Waals surface area contributed by atoms with Gasteiger partial charge in [0.2, 0.25) is 0 Å². The van der Waals surface area contributed by atoms with Crippen LogP contribution in [0.4, 0.5) is 9.18 Å². The summed E-state index contributed by atoms with van der Waals surface area (Å²) in [4.78, 5) is 23.2. The van der Waals surface area contributed by atoms with Gasteiger partial charge in [-0.1, -0.05) is 0 Å². The van der Waals surface area contributed by atoms with E-state index in [9.17, 15) is 14.0 Å². The molecule has 2 aliphatic heterocycles. The van der Waals surface area contributed by atoms with Crippen LogP contribution in [0.15, 0.2) is 0 Å². The Balaban J connectivity index is 2.25. The molecule has 2 heterocycles. The van der Waals surface area contributed by atoms with Crippen LogP contribution in [-0.4, -0.2) is 65.3 Å². The highest BCUT2D eigenvalue weighted by atomic mass is 35.5. The summed E-state index contributed by atoms with van der Waals surface area (Å²) in [6.45, 7) is 0.894. The largest absolute Gasteiger partial charge is 0.394 e. The molecule has 2 fully saturated rings. The maximum atomic E-state index is 13.6. The number of amides is 3.